The van der Waals surface area contributed by atoms with Gasteiger partial charge in [0.25, 0.3) is 5.56 Å². The number of hydrogen-bond acceptors (Lipinski definition) is 5. The lowest BCUT2D eigenvalue weighted by Gasteiger charge is -2.13. The Kier molecular flexibility index (Phi) is 7.65. The quantitative estimate of drug-likeness (QED) is 0.209. The van der Waals surface area contributed by atoms with Crippen LogP contribution in [0.15, 0.2) is 57.4 Å². The third-order valence-corrected chi connectivity index (χ3v) is 5.49. The van der Waals surface area contributed by atoms with Crippen LogP contribution in [0.3, 0.4) is 0 Å². The Morgan fingerprint density at radius 1 is 1.27 bits per heavy atom. The fourth-order valence-corrected chi connectivity index (χ4v) is 4.02. The molecule has 8 heteroatoms. The molecule has 0 saturated carbocycles. The van der Waals surface area contributed by atoms with E-state index in [-0.39, 0.29) is 5.56 Å². The Morgan fingerprint density at radius 2 is 2.07 bits per heavy atom. The molecule has 0 fully saturated rings. The molecule has 0 aliphatic carbocycles. The topological polar surface area (TPSA) is 65.7 Å². The van der Waals surface area contributed by atoms with Crippen molar-refractivity contribution in [3.63, 3.8) is 0 Å². The summed E-state index contributed by atoms with van der Waals surface area (Å²) in [5.41, 5.74) is 1.24. The van der Waals surface area contributed by atoms with Gasteiger partial charge in [0.2, 0.25) is 0 Å². The molecule has 1 aromatic heterocycles. The predicted octanol–water partition coefficient (Wildman–Crippen LogP) is 5.17. The van der Waals surface area contributed by atoms with E-state index in [1.165, 1.54) is 4.68 Å². The van der Waals surface area contributed by atoms with Crippen molar-refractivity contribution >= 4 is 55.6 Å². The largest absolute Gasteiger partial charge is 0.490 e. The lowest BCUT2D eigenvalue weighted by atomic mass is 10.2. The Morgan fingerprint density at radius 3 is 2.77 bits per heavy atom. The maximum absolute atomic E-state index is 13.0. The third kappa shape index (κ3) is 4.92. The van der Waals surface area contributed by atoms with Gasteiger partial charge < -0.3 is 9.47 Å². The van der Waals surface area contributed by atoms with Gasteiger partial charge in [0.15, 0.2) is 11.5 Å². The van der Waals surface area contributed by atoms with E-state index >= 15 is 0 Å². The zero-order valence-electron chi connectivity index (χ0n) is 16.7. The van der Waals surface area contributed by atoms with Crippen LogP contribution in [0.4, 0.5) is 0 Å². The minimum Gasteiger partial charge on any atom is -0.490 e. The Balaban J connectivity index is 2.06. The maximum Gasteiger partial charge on any atom is 0.282 e. The van der Waals surface area contributed by atoms with Crippen molar-refractivity contribution in [1.29, 1.82) is 0 Å². The molecule has 0 atom stereocenters. The molecule has 156 valence electrons. The molecule has 0 radical (unpaired) electrons. The fourth-order valence-electron chi connectivity index (χ4n) is 2.87. The molecule has 0 amide bonds. The van der Waals surface area contributed by atoms with E-state index in [4.69, 9.17) is 9.47 Å². The second-order valence-corrected chi connectivity index (χ2v) is 8.35. The molecule has 0 aliphatic heterocycles. The molecule has 0 unspecified atom stereocenters. The molecule has 0 saturated heterocycles. The minimum absolute atomic E-state index is 0.208. The van der Waals surface area contributed by atoms with Gasteiger partial charge in [-0.25, -0.2) is 4.98 Å². The van der Waals surface area contributed by atoms with Crippen LogP contribution in [0.2, 0.25) is 0 Å². The number of aryl methyl sites for hydroxylation is 1. The first-order valence-corrected chi connectivity index (χ1v) is 11.3. The van der Waals surface area contributed by atoms with Crippen LogP contribution in [0.25, 0.3) is 10.9 Å². The standard InChI is InChI=1S/C22H21BrIN3O3/c1-4-9-30-21-17(24)10-14(11-19(21)29-6-3)13-25-27-20(5-2)26-18-8-7-15(23)12-16(18)22(27)28/h4,7-8,10-13H,1,5-6,9H2,2-3H3. The smallest absolute Gasteiger partial charge is 0.282 e. The van der Waals surface area contributed by atoms with Crippen molar-refractivity contribution < 1.29 is 9.47 Å². The average molecular weight is 582 g/mol. The summed E-state index contributed by atoms with van der Waals surface area (Å²) in [6.07, 6.45) is 3.90. The summed E-state index contributed by atoms with van der Waals surface area (Å²) in [5, 5.41) is 4.96. The Hall–Kier alpha value is -2.20. The van der Waals surface area contributed by atoms with E-state index in [2.05, 4.69) is 55.2 Å². The second kappa shape index (κ2) is 10.2. The normalized spacial score (nSPS) is 11.2. The van der Waals surface area contributed by atoms with Crippen molar-refractivity contribution in [1.82, 2.24) is 9.66 Å². The minimum atomic E-state index is -0.208. The van der Waals surface area contributed by atoms with Crippen LogP contribution in [-0.4, -0.2) is 29.1 Å². The van der Waals surface area contributed by atoms with E-state index in [1.54, 1.807) is 18.4 Å². The molecule has 3 aromatic rings. The van der Waals surface area contributed by atoms with Crippen molar-refractivity contribution in [2.24, 2.45) is 5.10 Å². The highest BCUT2D eigenvalue weighted by Gasteiger charge is 2.13. The van der Waals surface area contributed by atoms with Crippen LogP contribution in [0, 0.1) is 3.57 Å². The first kappa shape index (κ1) is 22.5. The van der Waals surface area contributed by atoms with Gasteiger partial charge in [-0.2, -0.15) is 9.78 Å². The van der Waals surface area contributed by atoms with E-state index < -0.39 is 0 Å². The van der Waals surface area contributed by atoms with Crippen molar-refractivity contribution in [3.8, 4) is 11.5 Å². The van der Waals surface area contributed by atoms with Gasteiger partial charge in [-0.05, 0) is 65.4 Å². The van der Waals surface area contributed by atoms with Gasteiger partial charge in [-0.1, -0.05) is 35.5 Å². The highest BCUT2D eigenvalue weighted by atomic mass is 127. The molecule has 1 heterocycles. The van der Waals surface area contributed by atoms with Gasteiger partial charge >= 0.3 is 0 Å². The number of aromatic nitrogens is 2. The number of nitrogens with zero attached hydrogens (tertiary/aromatic N) is 3. The highest BCUT2D eigenvalue weighted by molar-refractivity contribution is 14.1. The Bertz CT molecular complexity index is 1170. The lowest BCUT2D eigenvalue weighted by Crippen LogP contribution is -2.22. The van der Waals surface area contributed by atoms with Crippen LogP contribution < -0.4 is 15.0 Å². The summed E-state index contributed by atoms with van der Waals surface area (Å²) in [6, 6.07) is 9.22. The zero-order chi connectivity index (χ0) is 21.7. The molecule has 0 bridgehead atoms. The van der Waals surface area contributed by atoms with Crippen LogP contribution in [-0.2, 0) is 6.42 Å². The number of hydrogen-bond donors (Lipinski definition) is 0. The Labute approximate surface area is 196 Å². The fraction of sp³-hybridized carbons (Fsp3) is 0.227. The predicted molar refractivity (Wildman–Crippen MR) is 132 cm³/mol. The van der Waals surface area contributed by atoms with Gasteiger partial charge in [-0.15, -0.1) is 0 Å². The van der Waals surface area contributed by atoms with Crippen LogP contribution >= 0.6 is 38.5 Å². The number of fused-ring (bicyclic) bond motifs is 1. The second-order valence-electron chi connectivity index (χ2n) is 6.27. The van der Waals surface area contributed by atoms with Gasteiger partial charge in [-0.3, -0.25) is 4.79 Å². The highest BCUT2D eigenvalue weighted by Crippen LogP contribution is 2.34. The lowest BCUT2D eigenvalue weighted by molar-refractivity contribution is 0.295. The number of halogens is 2. The van der Waals surface area contributed by atoms with E-state index in [0.717, 1.165) is 13.6 Å². The molecule has 30 heavy (non-hydrogen) atoms. The maximum atomic E-state index is 13.0. The molecule has 3 rings (SSSR count). The first-order chi connectivity index (χ1) is 14.5. The van der Waals surface area contributed by atoms with Gasteiger partial charge in [0, 0.05) is 10.9 Å². The molecule has 6 nitrogen and oxygen atoms in total. The van der Waals surface area contributed by atoms with Crippen LogP contribution in [0.5, 0.6) is 11.5 Å². The molecule has 0 N–H and O–H groups in total. The van der Waals surface area contributed by atoms with Crippen LogP contribution in [0.1, 0.15) is 25.2 Å². The molecule has 0 spiro atoms. The first-order valence-electron chi connectivity index (χ1n) is 9.44. The van der Waals surface area contributed by atoms with Crippen molar-refractivity contribution in [2.75, 3.05) is 13.2 Å². The number of benzene rings is 2. The van der Waals surface area contributed by atoms with Crippen molar-refractivity contribution in [2.45, 2.75) is 20.3 Å². The average Bonchev–Trinajstić information content (AvgIpc) is 2.73. The summed E-state index contributed by atoms with van der Waals surface area (Å²) in [6.45, 7) is 8.43. The molecule has 0 aliphatic rings. The SMILES string of the molecule is C=CCOc1c(I)cc(C=Nn2c(CC)nc3ccc(Br)cc3c2=O)cc1OCC. The molecule has 2 aromatic carbocycles. The third-order valence-electron chi connectivity index (χ3n) is 4.19. The number of ether oxygens (including phenoxy) is 2. The zero-order valence-corrected chi connectivity index (χ0v) is 20.4. The molecular weight excluding hydrogens is 561 g/mol. The summed E-state index contributed by atoms with van der Waals surface area (Å²) < 4.78 is 14.5. The van der Waals surface area contributed by atoms with Gasteiger partial charge in [0.1, 0.15) is 12.4 Å². The number of rotatable bonds is 8. The summed E-state index contributed by atoms with van der Waals surface area (Å²) in [4.78, 5) is 17.6. The summed E-state index contributed by atoms with van der Waals surface area (Å²) >= 11 is 5.60. The summed E-state index contributed by atoms with van der Waals surface area (Å²) in [7, 11) is 0. The molecular formula is C22H21BrIN3O3. The van der Waals surface area contributed by atoms with E-state index in [1.807, 2.05) is 38.1 Å². The van der Waals surface area contributed by atoms with E-state index in [9.17, 15) is 4.79 Å². The van der Waals surface area contributed by atoms with Gasteiger partial charge in [0.05, 0.1) is 27.3 Å². The summed E-state index contributed by atoms with van der Waals surface area (Å²) in [5.74, 6) is 1.88. The van der Waals surface area contributed by atoms with E-state index in [0.29, 0.717) is 47.9 Å². The van der Waals surface area contributed by atoms with Crippen molar-refractivity contribution in [3.05, 3.63) is 72.8 Å². The monoisotopic (exact) mass is 581 g/mol.